The number of anilines is 1. The molecule has 0 aliphatic heterocycles. The molecule has 2 heterocycles. The Balaban J connectivity index is 1.29. The van der Waals surface area contributed by atoms with E-state index in [1.54, 1.807) is 24.3 Å². The summed E-state index contributed by atoms with van der Waals surface area (Å²) >= 11 is 17.9. The van der Waals surface area contributed by atoms with E-state index in [2.05, 4.69) is 20.6 Å². The smallest absolute Gasteiger partial charge is 0.293 e. The van der Waals surface area contributed by atoms with Crippen LogP contribution in [0.2, 0.25) is 10.0 Å². The first-order valence-electron chi connectivity index (χ1n) is 10.6. The number of imidazole rings is 1. The van der Waals surface area contributed by atoms with Gasteiger partial charge in [-0.05, 0) is 73.2 Å². The third kappa shape index (κ3) is 4.93. The molecule has 0 unspecified atom stereocenters. The van der Waals surface area contributed by atoms with E-state index in [4.69, 9.17) is 39.8 Å². The van der Waals surface area contributed by atoms with E-state index in [1.165, 1.54) is 0 Å². The number of hydrogen-bond acceptors (Lipinski definition) is 4. The molecule has 0 aliphatic carbocycles. The molecule has 6 nitrogen and oxygen atoms in total. The Morgan fingerprint density at radius 2 is 1.77 bits per heavy atom. The number of thiocarbonyl (C=S) groups is 1. The average Bonchev–Trinajstić information content (AvgIpc) is 3.50. The van der Waals surface area contributed by atoms with E-state index >= 15 is 0 Å². The highest BCUT2D eigenvalue weighted by Gasteiger charge is 2.15. The van der Waals surface area contributed by atoms with Gasteiger partial charge in [0, 0.05) is 16.1 Å². The summed E-state index contributed by atoms with van der Waals surface area (Å²) in [6.07, 6.45) is 0. The van der Waals surface area contributed by atoms with Gasteiger partial charge >= 0.3 is 0 Å². The maximum absolute atomic E-state index is 12.7. The molecule has 0 spiro atoms. The number of carbonyl (C=O) groups excluding carboxylic acids is 1. The van der Waals surface area contributed by atoms with Gasteiger partial charge in [-0.1, -0.05) is 47.5 Å². The molecule has 0 saturated carbocycles. The second-order valence-corrected chi connectivity index (χ2v) is 9.06. The van der Waals surface area contributed by atoms with Gasteiger partial charge in [-0.15, -0.1) is 0 Å². The number of H-pyrrole nitrogens is 1. The van der Waals surface area contributed by atoms with Crippen LogP contribution >= 0.6 is 35.4 Å². The molecule has 0 saturated heterocycles. The Hall–Kier alpha value is -3.65. The lowest BCUT2D eigenvalue weighted by Gasteiger charge is -2.11. The van der Waals surface area contributed by atoms with Crippen molar-refractivity contribution in [2.24, 2.45) is 0 Å². The van der Waals surface area contributed by atoms with Crippen molar-refractivity contribution in [2.45, 2.75) is 6.92 Å². The molecule has 0 atom stereocenters. The lowest BCUT2D eigenvalue weighted by Crippen LogP contribution is -2.34. The van der Waals surface area contributed by atoms with Gasteiger partial charge in [0.2, 0.25) is 0 Å². The minimum atomic E-state index is -0.489. The second-order valence-electron chi connectivity index (χ2n) is 7.83. The van der Waals surface area contributed by atoms with Gasteiger partial charge in [0.15, 0.2) is 10.9 Å². The molecule has 3 N–H and O–H groups in total. The van der Waals surface area contributed by atoms with Gasteiger partial charge in [0.1, 0.15) is 11.6 Å². The van der Waals surface area contributed by atoms with Gasteiger partial charge in [-0.3, -0.25) is 10.1 Å². The van der Waals surface area contributed by atoms with Crippen LogP contribution in [0, 0.1) is 6.92 Å². The van der Waals surface area contributed by atoms with Crippen molar-refractivity contribution >= 4 is 63.2 Å². The minimum Gasteiger partial charge on any atom is -0.451 e. The number of hydrogen-bond donors (Lipinski definition) is 3. The largest absolute Gasteiger partial charge is 0.451 e. The van der Waals surface area contributed by atoms with Crippen LogP contribution < -0.4 is 10.6 Å². The van der Waals surface area contributed by atoms with E-state index in [-0.39, 0.29) is 10.9 Å². The van der Waals surface area contributed by atoms with Crippen LogP contribution in [0.5, 0.6) is 0 Å². The van der Waals surface area contributed by atoms with Crippen molar-refractivity contribution in [3.05, 3.63) is 94.2 Å². The number of aromatic nitrogens is 2. The predicted octanol–water partition coefficient (Wildman–Crippen LogP) is 7.23. The monoisotopic (exact) mass is 520 g/mol. The lowest BCUT2D eigenvalue weighted by molar-refractivity contribution is 0.0951. The standard InChI is InChI=1S/C26H18Cl2N4O2S/c1-14-6-7-15(12-18(14)28)22-10-11-23(34-22)25(33)32-26(35)31-21-13-16(8-9-17(21)27)24-29-19-4-2-3-5-20(19)30-24/h2-13H,1H3,(H,29,30)(H2,31,32,33,35). The topological polar surface area (TPSA) is 83.0 Å². The maximum Gasteiger partial charge on any atom is 0.293 e. The quantitative estimate of drug-likeness (QED) is 0.217. The van der Waals surface area contributed by atoms with E-state index in [9.17, 15) is 4.79 Å². The fraction of sp³-hybridized carbons (Fsp3) is 0.0385. The Labute approximate surface area is 216 Å². The van der Waals surface area contributed by atoms with Crippen molar-refractivity contribution < 1.29 is 9.21 Å². The molecule has 35 heavy (non-hydrogen) atoms. The van der Waals surface area contributed by atoms with Crippen LogP contribution in [-0.2, 0) is 0 Å². The van der Waals surface area contributed by atoms with Crippen molar-refractivity contribution in [1.29, 1.82) is 0 Å². The van der Waals surface area contributed by atoms with Crippen molar-refractivity contribution in [1.82, 2.24) is 15.3 Å². The number of amides is 1. The minimum absolute atomic E-state index is 0.0787. The normalized spacial score (nSPS) is 10.9. The first-order valence-corrected chi connectivity index (χ1v) is 11.8. The number of nitrogens with one attached hydrogen (secondary N) is 3. The Morgan fingerprint density at radius 1 is 0.971 bits per heavy atom. The highest BCUT2D eigenvalue weighted by Crippen LogP contribution is 2.29. The zero-order valence-electron chi connectivity index (χ0n) is 18.4. The molecular formula is C26H18Cl2N4O2S. The third-order valence-corrected chi connectivity index (χ3v) is 6.33. The predicted molar refractivity (Wildman–Crippen MR) is 144 cm³/mol. The van der Waals surface area contributed by atoms with E-state index in [0.717, 1.165) is 27.7 Å². The fourth-order valence-corrected chi connectivity index (χ4v) is 4.09. The zero-order chi connectivity index (χ0) is 24.5. The summed E-state index contributed by atoms with van der Waals surface area (Å²) < 4.78 is 5.71. The maximum atomic E-state index is 12.7. The number of nitrogens with zero attached hydrogens (tertiary/aromatic N) is 1. The van der Waals surface area contributed by atoms with Crippen LogP contribution in [0.25, 0.3) is 33.7 Å². The van der Waals surface area contributed by atoms with Crippen molar-refractivity contribution in [2.75, 3.05) is 5.32 Å². The molecule has 0 aliphatic rings. The Bertz CT molecular complexity index is 1560. The highest BCUT2D eigenvalue weighted by atomic mass is 35.5. The lowest BCUT2D eigenvalue weighted by atomic mass is 10.1. The molecule has 1 amide bonds. The van der Waals surface area contributed by atoms with E-state index in [0.29, 0.717) is 27.3 Å². The van der Waals surface area contributed by atoms with Crippen molar-refractivity contribution in [3.8, 4) is 22.7 Å². The molecule has 0 fully saturated rings. The third-order valence-electron chi connectivity index (χ3n) is 5.39. The summed E-state index contributed by atoms with van der Waals surface area (Å²) in [5.41, 5.74) is 4.87. The van der Waals surface area contributed by atoms with Gasteiger partial charge in [-0.25, -0.2) is 4.98 Å². The summed E-state index contributed by atoms with van der Waals surface area (Å²) in [5.74, 6) is 0.845. The van der Waals surface area contributed by atoms with Gasteiger partial charge in [-0.2, -0.15) is 0 Å². The summed E-state index contributed by atoms with van der Waals surface area (Å²) in [6, 6.07) is 22.0. The molecule has 0 radical (unpaired) electrons. The number of rotatable bonds is 4. The highest BCUT2D eigenvalue weighted by molar-refractivity contribution is 7.80. The summed E-state index contributed by atoms with van der Waals surface area (Å²) in [7, 11) is 0. The number of benzene rings is 3. The molecule has 174 valence electrons. The molecule has 5 rings (SSSR count). The molecule has 9 heteroatoms. The molecule has 0 bridgehead atoms. The van der Waals surface area contributed by atoms with Crippen LogP contribution in [0.4, 0.5) is 5.69 Å². The molecule has 5 aromatic rings. The Morgan fingerprint density at radius 3 is 2.57 bits per heavy atom. The SMILES string of the molecule is Cc1ccc(-c2ccc(C(=O)NC(=S)Nc3cc(-c4nc5ccccc5[nH]4)ccc3Cl)o2)cc1Cl. The fourth-order valence-electron chi connectivity index (χ4n) is 3.54. The molecule has 2 aromatic heterocycles. The number of furan rings is 1. The number of aromatic amines is 1. The number of aryl methyl sites for hydroxylation is 1. The van der Waals surface area contributed by atoms with Crippen LogP contribution in [0.3, 0.4) is 0 Å². The summed E-state index contributed by atoms with van der Waals surface area (Å²) in [5, 5.41) is 6.73. The van der Waals surface area contributed by atoms with E-state index in [1.807, 2.05) is 55.5 Å². The van der Waals surface area contributed by atoms with E-state index < -0.39 is 5.91 Å². The number of carbonyl (C=O) groups is 1. The average molecular weight is 521 g/mol. The summed E-state index contributed by atoms with van der Waals surface area (Å²) in [4.78, 5) is 20.6. The van der Waals surface area contributed by atoms with Gasteiger partial charge in [0.05, 0.1) is 21.7 Å². The molecule has 3 aromatic carbocycles. The van der Waals surface area contributed by atoms with Crippen LogP contribution in [0.1, 0.15) is 16.1 Å². The van der Waals surface area contributed by atoms with Crippen molar-refractivity contribution in [3.63, 3.8) is 0 Å². The second kappa shape index (κ2) is 9.54. The number of fused-ring (bicyclic) bond motifs is 1. The van der Waals surface area contributed by atoms with Crippen LogP contribution in [-0.4, -0.2) is 21.0 Å². The number of halogens is 2. The van der Waals surface area contributed by atoms with Gasteiger partial charge in [0.25, 0.3) is 5.91 Å². The van der Waals surface area contributed by atoms with Gasteiger partial charge < -0.3 is 14.7 Å². The zero-order valence-corrected chi connectivity index (χ0v) is 20.7. The first kappa shape index (κ1) is 23.1. The molecular weight excluding hydrogens is 503 g/mol. The number of para-hydroxylation sites is 2. The van der Waals surface area contributed by atoms with Crippen LogP contribution in [0.15, 0.2) is 77.2 Å². The Kier molecular flexibility index (Phi) is 6.30. The summed E-state index contributed by atoms with van der Waals surface area (Å²) in [6.45, 7) is 1.92. The first-order chi connectivity index (χ1) is 16.9.